The van der Waals surface area contributed by atoms with Gasteiger partial charge in [0.15, 0.2) is 0 Å². The van der Waals surface area contributed by atoms with E-state index in [4.69, 9.17) is 11.6 Å². The number of nitrogens with zero attached hydrogens (tertiary/aromatic N) is 3. The van der Waals surface area contributed by atoms with Crippen LogP contribution < -0.4 is 5.56 Å². The van der Waals surface area contributed by atoms with Crippen LogP contribution in [0.5, 0.6) is 0 Å². The Kier molecular flexibility index (Phi) is 4.27. The molecule has 0 amide bonds. The second-order valence-corrected chi connectivity index (χ2v) is 5.95. The van der Waals surface area contributed by atoms with Crippen LogP contribution in [0.3, 0.4) is 0 Å². The van der Waals surface area contributed by atoms with Gasteiger partial charge in [0.05, 0.1) is 16.3 Å². The molecule has 0 aliphatic rings. The Balaban J connectivity index is 2.26. The normalized spacial score (nSPS) is 11.8. The van der Waals surface area contributed by atoms with E-state index in [1.165, 1.54) is 32.4 Å². The number of aromatic nitrogens is 4. The minimum absolute atomic E-state index is 0.180. The van der Waals surface area contributed by atoms with Crippen LogP contribution in [0.15, 0.2) is 35.4 Å². The summed E-state index contributed by atoms with van der Waals surface area (Å²) in [4.78, 5) is 24.9. The van der Waals surface area contributed by atoms with E-state index in [9.17, 15) is 22.8 Å². The third kappa shape index (κ3) is 2.84. The third-order valence-corrected chi connectivity index (χ3v) is 4.24. The maximum absolute atomic E-state index is 13.4. The Bertz CT molecular complexity index is 1050. The maximum atomic E-state index is 13.4. The lowest BCUT2D eigenvalue weighted by Crippen LogP contribution is -2.21. The summed E-state index contributed by atoms with van der Waals surface area (Å²) in [5.74, 6) is -0.767. The Labute approximate surface area is 149 Å². The quantitative estimate of drug-likeness (QED) is 0.705. The predicted octanol–water partition coefficient (Wildman–Crippen LogP) is 3.11. The standard InChI is InChI=1S/C16H12ClF3N4O2/c1-8-11(15(26)23(2)22-8)14(25)9-4-5-10(16(18,19)20)13(12(9)17)24-7-3-6-21-24/h3-7,22H,1-2H3. The number of aromatic amines is 1. The predicted molar refractivity (Wildman–Crippen MR) is 87.8 cm³/mol. The minimum Gasteiger partial charge on any atom is -0.299 e. The average molecular weight is 385 g/mol. The molecule has 0 aliphatic carbocycles. The van der Waals surface area contributed by atoms with Crippen molar-refractivity contribution in [2.45, 2.75) is 13.1 Å². The number of halogens is 4. The smallest absolute Gasteiger partial charge is 0.299 e. The van der Waals surface area contributed by atoms with Crippen LogP contribution in [-0.2, 0) is 13.2 Å². The van der Waals surface area contributed by atoms with E-state index in [1.807, 2.05) is 0 Å². The summed E-state index contributed by atoms with van der Waals surface area (Å²) in [6.45, 7) is 1.51. The summed E-state index contributed by atoms with van der Waals surface area (Å²) >= 11 is 6.17. The van der Waals surface area contributed by atoms with E-state index in [-0.39, 0.29) is 11.1 Å². The molecule has 0 spiro atoms. The SMILES string of the molecule is Cc1[nH]n(C)c(=O)c1C(=O)c1ccc(C(F)(F)F)c(-n2cccn2)c1Cl. The van der Waals surface area contributed by atoms with Crippen LogP contribution in [-0.4, -0.2) is 25.3 Å². The highest BCUT2D eigenvalue weighted by Crippen LogP contribution is 2.39. The average Bonchev–Trinajstić information content (AvgIpc) is 3.14. The van der Waals surface area contributed by atoms with Gasteiger partial charge in [0.1, 0.15) is 5.56 Å². The fourth-order valence-electron chi connectivity index (χ4n) is 2.68. The zero-order valence-electron chi connectivity index (χ0n) is 13.6. The van der Waals surface area contributed by atoms with E-state index < -0.39 is 33.8 Å². The molecule has 0 aliphatic heterocycles. The molecule has 10 heteroatoms. The summed E-state index contributed by atoms with van der Waals surface area (Å²) in [6.07, 6.45) is -2.13. The van der Waals surface area contributed by atoms with E-state index in [0.29, 0.717) is 5.69 Å². The highest BCUT2D eigenvalue weighted by Gasteiger charge is 2.37. The van der Waals surface area contributed by atoms with Crippen molar-refractivity contribution in [3.63, 3.8) is 0 Å². The molecule has 26 heavy (non-hydrogen) atoms. The Morgan fingerprint density at radius 2 is 2.00 bits per heavy atom. The number of carbonyl (C=O) groups excluding carboxylic acids is 1. The number of nitrogens with one attached hydrogen (secondary N) is 1. The minimum atomic E-state index is -4.70. The van der Waals surface area contributed by atoms with Gasteiger partial charge >= 0.3 is 6.18 Å². The zero-order valence-corrected chi connectivity index (χ0v) is 14.3. The van der Waals surface area contributed by atoms with E-state index >= 15 is 0 Å². The lowest BCUT2D eigenvalue weighted by atomic mass is 10.0. The van der Waals surface area contributed by atoms with Crippen LogP contribution >= 0.6 is 11.6 Å². The first-order chi connectivity index (χ1) is 12.1. The number of alkyl halides is 3. The molecular weight excluding hydrogens is 373 g/mol. The molecule has 2 heterocycles. The number of carbonyl (C=O) groups is 1. The van der Waals surface area contributed by atoms with Gasteiger partial charge in [0.2, 0.25) is 5.78 Å². The summed E-state index contributed by atoms with van der Waals surface area (Å²) in [5, 5.41) is 6.02. The molecule has 0 bridgehead atoms. The van der Waals surface area contributed by atoms with Gasteiger partial charge in [-0.2, -0.15) is 18.3 Å². The first-order valence-corrected chi connectivity index (χ1v) is 7.70. The number of ketones is 1. The largest absolute Gasteiger partial charge is 0.418 e. The summed E-state index contributed by atoms with van der Waals surface area (Å²) in [7, 11) is 1.43. The number of benzene rings is 1. The number of H-pyrrole nitrogens is 1. The van der Waals surface area contributed by atoms with Gasteiger partial charge in [0.25, 0.3) is 5.56 Å². The first-order valence-electron chi connectivity index (χ1n) is 7.33. The highest BCUT2D eigenvalue weighted by molar-refractivity contribution is 6.36. The Morgan fingerprint density at radius 3 is 2.50 bits per heavy atom. The van der Waals surface area contributed by atoms with Gasteiger partial charge in [-0.05, 0) is 25.1 Å². The molecule has 1 aromatic carbocycles. The van der Waals surface area contributed by atoms with Crippen molar-refractivity contribution in [1.82, 2.24) is 19.6 Å². The molecule has 0 saturated carbocycles. The number of rotatable bonds is 3. The van der Waals surface area contributed by atoms with Crippen molar-refractivity contribution < 1.29 is 18.0 Å². The van der Waals surface area contributed by atoms with Gasteiger partial charge < -0.3 is 0 Å². The lowest BCUT2D eigenvalue weighted by molar-refractivity contribution is -0.137. The van der Waals surface area contributed by atoms with Gasteiger partial charge in [0, 0.05) is 30.7 Å². The van der Waals surface area contributed by atoms with Crippen molar-refractivity contribution in [2.75, 3.05) is 0 Å². The van der Waals surface area contributed by atoms with Crippen LogP contribution in [0.1, 0.15) is 27.2 Å². The second-order valence-electron chi connectivity index (χ2n) is 5.58. The summed E-state index contributed by atoms with van der Waals surface area (Å²) in [6, 6.07) is 3.14. The third-order valence-electron chi connectivity index (χ3n) is 3.86. The number of aryl methyl sites for hydroxylation is 2. The fraction of sp³-hybridized carbons (Fsp3) is 0.188. The molecule has 2 aromatic heterocycles. The van der Waals surface area contributed by atoms with Crippen molar-refractivity contribution in [2.24, 2.45) is 7.05 Å². The van der Waals surface area contributed by atoms with Gasteiger partial charge in [-0.1, -0.05) is 11.6 Å². The molecular formula is C16H12ClF3N4O2. The monoisotopic (exact) mass is 384 g/mol. The van der Waals surface area contributed by atoms with Crippen molar-refractivity contribution in [3.8, 4) is 5.69 Å². The Morgan fingerprint density at radius 1 is 1.31 bits per heavy atom. The zero-order chi connectivity index (χ0) is 19.2. The molecule has 1 N–H and O–H groups in total. The highest BCUT2D eigenvalue weighted by atomic mass is 35.5. The van der Waals surface area contributed by atoms with E-state index in [1.54, 1.807) is 0 Å². The molecule has 0 atom stereocenters. The van der Waals surface area contributed by atoms with Crippen LogP contribution in [0.25, 0.3) is 5.69 Å². The van der Waals surface area contributed by atoms with Gasteiger partial charge in [-0.25, -0.2) is 4.68 Å². The van der Waals surface area contributed by atoms with Gasteiger partial charge in [-0.15, -0.1) is 0 Å². The van der Waals surface area contributed by atoms with E-state index in [2.05, 4.69) is 10.2 Å². The molecule has 0 saturated heterocycles. The first kappa shape index (κ1) is 18.0. The summed E-state index contributed by atoms with van der Waals surface area (Å²) in [5.41, 5.74) is -2.21. The Hall–Kier alpha value is -2.81. The molecule has 6 nitrogen and oxygen atoms in total. The lowest BCUT2D eigenvalue weighted by Gasteiger charge is -2.16. The fourth-order valence-corrected chi connectivity index (χ4v) is 3.02. The topological polar surface area (TPSA) is 72.7 Å². The molecule has 3 aromatic rings. The van der Waals surface area contributed by atoms with Crippen LogP contribution in [0.4, 0.5) is 13.2 Å². The van der Waals surface area contributed by atoms with Crippen molar-refractivity contribution >= 4 is 17.4 Å². The molecule has 0 unspecified atom stereocenters. The maximum Gasteiger partial charge on any atom is 0.418 e. The molecule has 136 valence electrons. The summed E-state index contributed by atoms with van der Waals surface area (Å²) < 4.78 is 42.1. The molecule has 0 radical (unpaired) electrons. The van der Waals surface area contributed by atoms with Crippen LogP contribution in [0.2, 0.25) is 5.02 Å². The van der Waals surface area contributed by atoms with Gasteiger partial charge in [-0.3, -0.25) is 19.4 Å². The second kappa shape index (κ2) is 6.17. The van der Waals surface area contributed by atoms with Crippen molar-refractivity contribution in [3.05, 3.63) is 68.4 Å². The molecule has 3 rings (SSSR count). The number of hydrogen-bond acceptors (Lipinski definition) is 3. The van der Waals surface area contributed by atoms with Crippen LogP contribution in [0, 0.1) is 6.92 Å². The van der Waals surface area contributed by atoms with Crippen molar-refractivity contribution in [1.29, 1.82) is 0 Å². The number of hydrogen-bond donors (Lipinski definition) is 1. The van der Waals surface area contributed by atoms with E-state index in [0.717, 1.165) is 21.5 Å². The molecule has 0 fully saturated rings.